The van der Waals surface area contributed by atoms with E-state index >= 15 is 0 Å². The summed E-state index contributed by atoms with van der Waals surface area (Å²) in [6.45, 7) is 1.62. The molecule has 0 aliphatic carbocycles. The third-order valence-corrected chi connectivity index (χ3v) is 4.56. The Bertz CT molecular complexity index is 604. The van der Waals surface area contributed by atoms with Gasteiger partial charge in [0, 0.05) is 38.4 Å². The first-order valence-corrected chi connectivity index (χ1v) is 7.97. The van der Waals surface area contributed by atoms with Gasteiger partial charge in [0.05, 0.1) is 0 Å². The highest BCUT2D eigenvalue weighted by molar-refractivity contribution is 6.00. The van der Waals surface area contributed by atoms with E-state index in [1.54, 1.807) is 23.9 Å². The molecular formula is C17H24ClN3O2. The van der Waals surface area contributed by atoms with Crippen molar-refractivity contribution in [1.29, 1.82) is 0 Å². The standard InChI is InChI=1S/C17H23N3O2.ClH/c1-19(2)17(22)15-9-5-11-20(15)16(21)13-6-3-8-14-12(13)7-4-10-18-14;/h3,6,8,15,18H,4-5,7,9-11H2,1-2H3;1H. The van der Waals surface area contributed by atoms with Crippen molar-refractivity contribution in [2.45, 2.75) is 31.7 Å². The van der Waals surface area contributed by atoms with E-state index in [9.17, 15) is 9.59 Å². The van der Waals surface area contributed by atoms with Crippen LogP contribution in [0.5, 0.6) is 0 Å². The maximum Gasteiger partial charge on any atom is 0.254 e. The average Bonchev–Trinajstić information content (AvgIpc) is 3.02. The van der Waals surface area contributed by atoms with Gasteiger partial charge in [0.1, 0.15) is 6.04 Å². The van der Waals surface area contributed by atoms with Gasteiger partial charge in [-0.3, -0.25) is 9.59 Å². The third kappa shape index (κ3) is 3.29. The van der Waals surface area contributed by atoms with Crippen LogP contribution in [-0.4, -0.2) is 54.8 Å². The van der Waals surface area contributed by atoms with Crippen LogP contribution in [0.4, 0.5) is 5.69 Å². The van der Waals surface area contributed by atoms with Crippen molar-refractivity contribution in [2.75, 3.05) is 32.5 Å². The highest BCUT2D eigenvalue weighted by Crippen LogP contribution is 2.28. The highest BCUT2D eigenvalue weighted by Gasteiger charge is 2.36. The van der Waals surface area contributed by atoms with Crippen LogP contribution in [0.1, 0.15) is 35.2 Å². The zero-order valence-corrected chi connectivity index (χ0v) is 14.5. The van der Waals surface area contributed by atoms with Crippen molar-refractivity contribution >= 4 is 29.9 Å². The molecular weight excluding hydrogens is 314 g/mol. The molecule has 1 N–H and O–H groups in total. The second-order valence-electron chi connectivity index (χ2n) is 6.25. The molecule has 0 radical (unpaired) electrons. The quantitative estimate of drug-likeness (QED) is 0.899. The van der Waals surface area contributed by atoms with E-state index in [1.165, 1.54) is 0 Å². The third-order valence-electron chi connectivity index (χ3n) is 4.56. The highest BCUT2D eigenvalue weighted by atomic mass is 35.5. The molecule has 23 heavy (non-hydrogen) atoms. The molecule has 0 aromatic heterocycles. The molecule has 2 aliphatic rings. The smallest absolute Gasteiger partial charge is 0.254 e. The van der Waals surface area contributed by atoms with Gasteiger partial charge in [-0.1, -0.05) is 6.07 Å². The Hall–Kier alpha value is -1.75. The lowest BCUT2D eigenvalue weighted by molar-refractivity contribution is -0.132. The van der Waals surface area contributed by atoms with Crippen LogP contribution >= 0.6 is 12.4 Å². The van der Waals surface area contributed by atoms with Crippen LogP contribution in [0.2, 0.25) is 0 Å². The number of halogens is 1. The van der Waals surface area contributed by atoms with Crippen LogP contribution in [0.15, 0.2) is 18.2 Å². The minimum absolute atomic E-state index is 0. The van der Waals surface area contributed by atoms with Crippen LogP contribution in [-0.2, 0) is 11.2 Å². The molecule has 1 saturated heterocycles. The number of hydrogen-bond acceptors (Lipinski definition) is 3. The van der Waals surface area contributed by atoms with E-state index in [1.807, 2.05) is 18.2 Å². The van der Waals surface area contributed by atoms with Crippen molar-refractivity contribution < 1.29 is 9.59 Å². The Balaban J connectivity index is 0.00000192. The molecule has 2 heterocycles. The number of carbonyl (C=O) groups excluding carboxylic acids is 2. The summed E-state index contributed by atoms with van der Waals surface area (Å²) in [4.78, 5) is 28.6. The molecule has 2 aliphatic heterocycles. The number of anilines is 1. The Morgan fingerprint density at radius 1 is 1.26 bits per heavy atom. The van der Waals surface area contributed by atoms with Crippen molar-refractivity contribution in [1.82, 2.24) is 9.80 Å². The van der Waals surface area contributed by atoms with Crippen LogP contribution < -0.4 is 5.32 Å². The number of likely N-dealkylation sites (N-methyl/N-ethyl adjacent to an activating group) is 1. The summed E-state index contributed by atoms with van der Waals surface area (Å²) < 4.78 is 0. The van der Waals surface area contributed by atoms with E-state index in [4.69, 9.17) is 0 Å². The number of fused-ring (bicyclic) bond motifs is 1. The van der Waals surface area contributed by atoms with E-state index in [-0.39, 0.29) is 30.3 Å². The van der Waals surface area contributed by atoms with E-state index in [0.717, 1.165) is 49.0 Å². The predicted molar refractivity (Wildman–Crippen MR) is 93.3 cm³/mol. The number of rotatable bonds is 2. The lowest BCUT2D eigenvalue weighted by Gasteiger charge is -2.28. The van der Waals surface area contributed by atoms with Gasteiger partial charge in [0.15, 0.2) is 0 Å². The van der Waals surface area contributed by atoms with Crippen LogP contribution in [0.3, 0.4) is 0 Å². The molecule has 0 bridgehead atoms. The van der Waals surface area contributed by atoms with Crippen molar-refractivity contribution in [3.05, 3.63) is 29.3 Å². The van der Waals surface area contributed by atoms with Gasteiger partial charge >= 0.3 is 0 Å². The van der Waals surface area contributed by atoms with Gasteiger partial charge in [-0.2, -0.15) is 0 Å². The van der Waals surface area contributed by atoms with Crippen LogP contribution in [0.25, 0.3) is 0 Å². The zero-order chi connectivity index (χ0) is 15.7. The summed E-state index contributed by atoms with van der Waals surface area (Å²) in [6.07, 6.45) is 3.61. The summed E-state index contributed by atoms with van der Waals surface area (Å²) in [6, 6.07) is 5.53. The number of hydrogen-bond donors (Lipinski definition) is 1. The van der Waals surface area contributed by atoms with Gasteiger partial charge < -0.3 is 15.1 Å². The number of amides is 2. The molecule has 1 fully saturated rings. The first-order valence-electron chi connectivity index (χ1n) is 7.97. The molecule has 0 saturated carbocycles. The van der Waals surface area contributed by atoms with Crippen LogP contribution in [0, 0.1) is 0 Å². The number of likely N-dealkylation sites (tertiary alicyclic amines) is 1. The lowest BCUT2D eigenvalue weighted by atomic mass is 9.96. The predicted octanol–water partition coefficient (Wildman–Crippen LogP) is 2.16. The summed E-state index contributed by atoms with van der Waals surface area (Å²) >= 11 is 0. The topological polar surface area (TPSA) is 52.7 Å². The Morgan fingerprint density at radius 3 is 2.78 bits per heavy atom. The van der Waals surface area contributed by atoms with E-state index < -0.39 is 0 Å². The summed E-state index contributed by atoms with van der Waals surface area (Å²) in [5.74, 6) is 0.0204. The maximum absolute atomic E-state index is 13.0. The molecule has 1 unspecified atom stereocenters. The van der Waals surface area contributed by atoms with Crippen molar-refractivity contribution in [2.24, 2.45) is 0 Å². The second kappa shape index (κ2) is 7.21. The molecule has 3 rings (SSSR count). The maximum atomic E-state index is 13.0. The fourth-order valence-electron chi connectivity index (χ4n) is 3.43. The van der Waals surface area contributed by atoms with E-state index in [2.05, 4.69) is 5.32 Å². The van der Waals surface area contributed by atoms with Gasteiger partial charge in [0.2, 0.25) is 5.91 Å². The van der Waals surface area contributed by atoms with Gasteiger partial charge in [0.25, 0.3) is 5.91 Å². The average molecular weight is 338 g/mol. The normalized spacial score (nSPS) is 19.4. The molecule has 1 aromatic rings. The number of carbonyl (C=O) groups is 2. The molecule has 6 heteroatoms. The number of nitrogens with zero attached hydrogens (tertiary/aromatic N) is 2. The van der Waals surface area contributed by atoms with Crippen molar-refractivity contribution in [3.63, 3.8) is 0 Å². The first-order chi connectivity index (χ1) is 10.6. The van der Waals surface area contributed by atoms with Gasteiger partial charge in [-0.15, -0.1) is 12.4 Å². The number of nitrogens with one attached hydrogen (secondary N) is 1. The largest absolute Gasteiger partial charge is 0.385 e. The Morgan fingerprint density at radius 2 is 2.04 bits per heavy atom. The number of benzene rings is 1. The SMILES string of the molecule is CN(C)C(=O)C1CCCN1C(=O)c1cccc2c1CCCN2.Cl. The zero-order valence-electron chi connectivity index (χ0n) is 13.7. The summed E-state index contributed by atoms with van der Waals surface area (Å²) in [7, 11) is 3.50. The van der Waals surface area contributed by atoms with Gasteiger partial charge in [-0.25, -0.2) is 0 Å². The first kappa shape index (κ1) is 17.6. The minimum atomic E-state index is -0.310. The molecule has 126 valence electrons. The summed E-state index contributed by atoms with van der Waals surface area (Å²) in [5, 5.41) is 3.35. The molecule has 0 spiro atoms. The fraction of sp³-hybridized carbons (Fsp3) is 0.529. The molecule has 1 aromatic carbocycles. The fourth-order valence-corrected chi connectivity index (χ4v) is 3.43. The van der Waals surface area contributed by atoms with Gasteiger partial charge in [-0.05, 0) is 43.4 Å². The molecule has 2 amide bonds. The van der Waals surface area contributed by atoms with Crippen molar-refractivity contribution in [3.8, 4) is 0 Å². The molecule has 1 atom stereocenters. The van der Waals surface area contributed by atoms with E-state index in [0.29, 0.717) is 6.54 Å². The molecule has 5 nitrogen and oxygen atoms in total. The minimum Gasteiger partial charge on any atom is -0.385 e. The Labute approximate surface area is 143 Å². The lowest BCUT2D eigenvalue weighted by Crippen LogP contribution is -2.45. The summed E-state index contributed by atoms with van der Waals surface area (Å²) in [5.41, 5.74) is 2.91. The Kier molecular flexibility index (Phi) is 5.52. The second-order valence-corrected chi connectivity index (χ2v) is 6.25. The monoisotopic (exact) mass is 337 g/mol.